The predicted octanol–water partition coefficient (Wildman–Crippen LogP) is 4.94. The summed E-state index contributed by atoms with van der Waals surface area (Å²) in [7, 11) is 0. The van der Waals surface area contributed by atoms with Gasteiger partial charge >= 0.3 is 5.97 Å². The molecule has 1 aromatic carbocycles. The third kappa shape index (κ3) is 10.1. The first-order valence-corrected chi connectivity index (χ1v) is 14.9. The number of rotatable bonds is 11. The number of hydrogen-bond acceptors (Lipinski definition) is 9. The molecule has 218 valence electrons. The maximum Gasteiger partial charge on any atom is 0.337 e. The fraction of sp³-hybridized carbons (Fsp3) is 0.500. The van der Waals surface area contributed by atoms with Gasteiger partial charge in [0.1, 0.15) is 18.6 Å². The van der Waals surface area contributed by atoms with Crippen molar-refractivity contribution >= 4 is 44.9 Å². The standard InChI is InChI=1S/C22H31FN4O4S.C6H4BrF/c1-3-5-16(28)14-30-13-15-6-8-27(11-18(15)23)12-19-17(22(29)31-4-2)10-25-20(26-19)21-24-7-9-32-21;7-5-2-1-3-6(8)4-5/h7,9,15,18H,3-6,8,10-14H2,1-2H3,(H,25,26);1-4H. The minimum atomic E-state index is -1.06. The molecule has 2 unspecified atom stereocenters. The van der Waals surface area contributed by atoms with E-state index in [-0.39, 0.29) is 50.4 Å². The number of aliphatic imine (C=N–C) groups is 1. The van der Waals surface area contributed by atoms with Crippen molar-refractivity contribution in [1.82, 2.24) is 15.2 Å². The van der Waals surface area contributed by atoms with Crippen LogP contribution in [0.25, 0.3) is 0 Å². The lowest BCUT2D eigenvalue weighted by atomic mass is 9.95. The monoisotopic (exact) mass is 640 g/mol. The van der Waals surface area contributed by atoms with Gasteiger partial charge in [-0.15, -0.1) is 11.3 Å². The van der Waals surface area contributed by atoms with Gasteiger partial charge in [0, 0.05) is 47.2 Å². The molecule has 0 bridgehead atoms. The number of aromatic nitrogens is 1. The van der Waals surface area contributed by atoms with E-state index in [0.717, 1.165) is 15.9 Å². The van der Waals surface area contributed by atoms with Gasteiger partial charge in [0.05, 0.1) is 25.3 Å². The van der Waals surface area contributed by atoms with Gasteiger partial charge < -0.3 is 14.8 Å². The third-order valence-corrected chi connectivity index (χ3v) is 7.51. The van der Waals surface area contributed by atoms with Gasteiger partial charge in [0.2, 0.25) is 0 Å². The summed E-state index contributed by atoms with van der Waals surface area (Å²) in [4.78, 5) is 34.7. The first-order valence-electron chi connectivity index (χ1n) is 13.3. The Morgan fingerprint density at radius 2 is 2.12 bits per heavy atom. The Labute approximate surface area is 246 Å². The molecule has 0 spiro atoms. The van der Waals surface area contributed by atoms with Crippen molar-refractivity contribution in [3.8, 4) is 0 Å². The van der Waals surface area contributed by atoms with Crippen LogP contribution < -0.4 is 5.32 Å². The summed E-state index contributed by atoms with van der Waals surface area (Å²) in [5, 5.41) is 5.83. The molecule has 1 saturated heterocycles. The average Bonchev–Trinajstić information content (AvgIpc) is 3.46. The molecule has 3 heterocycles. The van der Waals surface area contributed by atoms with Crippen molar-refractivity contribution in [3.63, 3.8) is 0 Å². The molecule has 8 nitrogen and oxygen atoms in total. The highest BCUT2D eigenvalue weighted by atomic mass is 79.9. The normalized spacial score (nSPS) is 19.3. The number of Topliss-reactive ketones (excluding diaryl/α,β-unsaturated/α-hetero) is 1. The van der Waals surface area contributed by atoms with E-state index in [4.69, 9.17) is 9.47 Å². The Morgan fingerprint density at radius 3 is 2.75 bits per heavy atom. The van der Waals surface area contributed by atoms with E-state index in [9.17, 15) is 18.4 Å². The van der Waals surface area contributed by atoms with Crippen LogP contribution in [0.5, 0.6) is 0 Å². The van der Waals surface area contributed by atoms with Crippen LogP contribution in [-0.2, 0) is 19.1 Å². The Balaban J connectivity index is 0.000000472. The zero-order valence-electron chi connectivity index (χ0n) is 22.7. The molecule has 0 saturated carbocycles. The number of thiazole rings is 1. The molecule has 4 rings (SSSR count). The highest BCUT2D eigenvalue weighted by Crippen LogP contribution is 2.23. The molecule has 1 aromatic heterocycles. The summed E-state index contributed by atoms with van der Waals surface area (Å²) in [5.74, 6) is -0.182. The van der Waals surface area contributed by atoms with Crippen molar-refractivity contribution in [1.29, 1.82) is 0 Å². The number of halogens is 3. The highest BCUT2D eigenvalue weighted by molar-refractivity contribution is 9.10. The van der Waals surface area contributed by atoms with Crippen molar-refractivity contribution < 1.29 is 27.8 Å². The maximum atomic E-state index is 14.8. The van der Waals surface area contributed by atoms with Gasteiger partial charge in [-0.3, -0.25) is 14.7 Å². The summed E-state index contributed by atoms with van der Waals surface area (Å²) in [6.07, 6.45) is 2.55. The predicted molar refractivity (Wildman–Crippen MR) is 155 cm³/mol. The van der Waals surface area contributed by atoms with Gasteiger partial charge in [0.15, 0.2) is 16.6 Å². The largest absolute Gasteiger partial charge is 0.463 e. The van der Waals surface area contributed by atoms with Crippen LogP contribution in [-0.4, -0.2) is 79.6 Å². The Hall–Kier alpha value is -2.54. The number of carbonyl (C=O) groups is 2. The van der Waals surface area contributed by atoms with Crippen LogP contribution in [0.4, 0.5) is 8.78 Å². The number of nitrogens with zero attached hydrogens (tertiary/aromatic N) is 3. The summed E-state index contributed by atoms with van der Waals surface area (Å²) in [6.45, 7) is 5.78. The average molecular weight is 642 g/mol. The van der Waals surface area contributed by atoms with Crippen molar-refractivity contribution in [2.24, 2.45) is 10.9 Å². The van der Waals surface area contributed by atoms with Crippen LogP contribution in [0, 0.1) is 11.7 Å². The lowest BCUT2D eigenvalue weighted by molar-refractivity contribution is -0.138. The fourth-order valence-corrected chi connectivity index (χ4v) is 5.19. The summed E-state index contributed by atoms with van der Waals surface area (Å²) in [5.41, 5.74) is 1.14. The maximum absolute atomic E-state index is 14.8. The molecule has 0 radical (unpaired) electrons. The second-order valence-corrected chi connectivity index (χ2v) is 11.2. The Morgan fingerprint density at radius 1 is 1.30 bits per heavy atom. The summed E-state index contributed by atoms with van der Waals surface area (Å²) < 4.78 is 38.4. The smallest absolute Gasteiger partial charge is 0.337 e. The van der Waals surface area contributed by atoms with Crippen LogP contribution in [0.2, 0.25) is 0 Å². The number of nitrogens with one attached hydrogen (secondary N) is 1. The quantitative estimate of drug-likeness (QED) is 0.348. The first kappa shape index (κ1) is 32.0. The van der Waals surface area contributed by atoms with E-state index in [1.807, 2.05) is 17.2 Å². The molecular weight excluding hydrogens is 606 g/mol. The number of ketones is 1. The number of hydrogen-bond donors (Lipinski definition) is 1. The minimum absolute atomic E-state index is 0.0549. The molecule has 0 aliphatic carbocycles. The fourth-order valence-electron chi connectivity index (χ4n) is 4.22. The van der Waals surface area contributed by atoms with E-state index < -0.39 is 12.1 Å². The van der Waals surface area contributed by atoms with Gasteiger partial charge in [-0.1, -0.05) is 28.9 Å². The van der Waals surface area contributed by atoms with Crippen molar-refractivity contribution in [2.45, 2.75) is 39.3 Å². The van der Waals surface area contributed by atoms with E-state index in [2.05, 4.69) is 31.2 Å². The second kappa shape index (κ2) is 16.7. The molecule has 1 N–H and O–H groups in total. The number of benzene rings is 1. The van der Waals surface area contributed by atoms with Crippen LogP contribution in [0.3, 0.4) is 0 Å². The molecule has 2 aromatic rings. The molecular formula is C28H35BrF2N4O4S. The molecule has 0 amide bonds. The van der Waals surface area contributed by atoms with E-state index >= 15 is 0 Å². The van der Waals surface area contributed by atoms with Gasteiger partial charge in [-0.05, 0) is 44.5 Å². The Kier molecular flexibility index (Phi) is 13.3. The van der Waals surface area contributed by atoms with Gasteiger partial charge in [-0.25, -0.2) is 18.6 Å². The SMILES string of the molecule is CCCC(=O)COCC1CCN(CC2=C(C(=O)OCC)CN=C(c3nccs3)N2)CC1F.Fc1cccc(Br)c1. The second-order valence-electron chi connectivity index (χ2n) is 9.35. The lowest BCUT2D eigenvalue weighted by Crippen LogP contribution is -2.46. The zero-order chi connectivity index (χ0) is 28.9. The van der Waals surface area contributed by atoms with Crippen molar-refractivity contribution in [3.05, 3.63) is 62.4 Å². The molecule has 40 heavy (non-hydrogen) atoms. The van der Waals surface area contributed by atoms with E-state index in [0.29, 0.717) is 43.0 Å². The van der Waals surface area contributed by atoms with Gasteiger partial charge in [0.25, 0.3) is 0 Å². The van der Waals surface area contributed by atoms with Crippen molar-refractivity contribution in [2.75, 3.05) is 46.0 Å². The third-order valence-electron chi connectivity index (χ3n) is 6.24. The molecule has 2 aliphatic rings. The molecule has 2 aliphatic heterocycles. The number of likely N-dealkylation sites (tertiary alicyclic amines) is 1. The number of piperidine rings is 1. The van der Waals surface area contributed by atoms with Crippen LogP contribution in [0.1, 0.15) is 38.1 Å². The van der Waals surface area contributed by atoms with Gasteiger partial charge in [-0.2, -0.15) is 0 Å². The molecule has 12 heteroatoms. The van der Waals surface area contributed by atoms with E-state index in [1.54, 1.807) is 25.3 Å². The number of ether oxygens (including phenoxy) is 2. The highest BCUT2D eigenvalue weighted by Gasteiger charge is 2.32. The van der Waals surface area contributed by atoms with Crippen LogP contribution in [0.15, 0.2) is 56.6 Å². The number of carbonyl (C=O) groups excluding carboxylic acids is 2. The number of esters is 1. The zero-order valence-corrected chi connectivity index (χ0v) is 25.1. The molecule has 2 atom stereocenters. The minimum Gasteiger partial charge on any atom is -0.463 e. The van der Waals surface area contributed by atoms with E-state index in [1.165, 1.54) is 23.5 Å². The Bertz CT molecular complexity index is 1160. The summed E-state index contributed by atoms with van der Waals surface area (Å²) in [6, 6.07) is 6.26. The molecule has 1 fully saturated rings. The summed E-state index contributed by atoms with van der Waals surface area (Å²) >= 11 is 4.58. The lowest BCUT2D eigenvalue weighted by Gasteiger charge is -2.35. The first-order chi connectivity index (χ1) is 19.3. The van der Waals surface area contributed by atoms with Crippen LogP contribution >= 0.6 is 27.3 Å². The topological polar surface area (TPSA) is 93.1 Å². The number of amidine groups is 1. The number of alkyl halides is 1.